The van der Waals surface area contributed by atoms with Crippen molar-refractivity contribution in [1.29, 1.82) is 0 Å². The van der Waals surface area contributed by atoms with Crippen LogP contribution in [0.25, 0.3) is 0 Å². The molecule has 86 valence electrons. The van der Waals surface area contributed by atoms with Gasteiger partial charge in [0.25, 0.3) is 0 Å². The van der Waals surface area contributed by atoms with Crippen LogP contribution in [-0.2, 0) is 9.53 Å². The minimum Gasteiger partial charge on any atom is -0.466 e. The summed E-state index contributed by atoms with van der Waals surface area (Å²) in [7, 11) is 0. The first-order chi connectivity index (χ1) is 7.65. The maximum absolute atomic E-state index is 11.7. The molecule has 4 heteroatoms. The zero-order valence-electron chi connectivity index (χ0n) is 9.47. The van der Waals surface area contributed by atoms with Gasteiger partial charge in [-0.1, -0.05) is 6.92 Å². The third kappa shape index (κ3) is 3.46. The lowest BCUT2D eigenvalue weighted by Crippen LogP contribution is -2.18. The van der Waals surface area contributed by atoms with E-state index in [4.69, 9.17) is 4.74 Å². The van der Waals surface area contributed by atoms with Crippen molar-refractivity contribution in [3.8, 4) is 0 Å². The Balaban J connectivity index is 2.55. The van der Waals surface area contributed by atoms with E-state index in [9.17, 15) is 9.59 Å². The molecule has 0 spiro atoms. The number of nitrogens with zero attached hydrogens (tertiary/aromatic N) is 1. The molecule has 1 aromatic rings. The first-order valence-corrected chi connectivity index (χ1v) is 5.25. The quantitative estimate of drug-likeness (QED) is 0.562. The number of Topliss-reactive ketones (excluding diaryl/α,β-unsaturated/α-hetero) is 1. The van der Waals surface area contributed by atoms with Gasteiger partial charge in [0.05, 0.1) is 12.5 Å². The van der Waals surface area contributed by atoms with Crippen LogP contribution in [0, 0.1) is 5.92 Å². The molecule has 0 saturated carbocycles. The Bertz CT molecular complexity index is 362. The fourth-order valence-corrected chi connectivity index (χ4v) is 1.30. The zero-order valence-corrected chi connectivity index (χ0v) is 9.47. The number of pyridine rings is 1. The number of carbonyl (C=O) groups excluding carboxylic acids is 2. The highest BCUT2D eigenvalue weighted by Gasteiger charge is 2.18. The van der Waals surface area contributed by atoms with Crippen LogP contribution in [0.15, 0.2) is 24.5 Å². The van der Waals surface area contributed by atoms with Gasteiger partial charge in [0, 0.05) is 24.4 Å². The topological polar surface area (TPSA) is 56.3 Å². The highest BCUT2D eigenvalue weighted by molar-refractivity contribution is 5.97. The standard InChI is InChI=1S/C12H15NO3/c1-3-16-12(15)9(2)8-11(14)10-4-6-13-7-5-10/h4-7,9H,3,8H2,1-2H3/t9-/m0/s1. The molecule has 0 aliphatic carbocycles. The number of ether oxygens (including phenoxy) is 1. The van der Waals surface area contributed by atoms with E-state index in [0.29, 0.717) is 12.2 Å². The Morgan fingerprint density at radius 1 is 1.38 bits per heavy atom. The first kappa shape index (κ1) is 12.4. The molecule has 0 radical (unpaired) electrons. The lowest BCUT2D eigenvalue weighted by molar-refractivity contribution is -0.147. The van der Waals surface area contributed by atoms with Crippen molar-refractivity contribution >= 4 is 11.8 Å². The maximum Gasteiger partial charge on any atom is 0.309 e. The van der Waals surface area contributed by atoms with Gasteiger partial charge in [-0.2, -0.15) is 0 Å². The molecule has 0 aliphatic heterocycles. The minimum absolute atomic E-state index is 0.0667. The molecule has 0 aromatic carbocycles. The van der Waals surface area contributed by atoms with E-state index >= 15 is 0 Å². The van der Waals surface area contributed by atoms with Gasteiger partial charge in [-0.25, -0.2) is 0 Å². The Morgan fingerprint density at radius 3 is 2.56 bits per heavy atom. The van der Waals surface area contributed by atoms with Crippen molar-refractivity contribution in [3.63, 3.8) is 0 Å². The molecule has 0 saturated heterocycles. The average Bonchev–Trinajstić information content (AvgIpc) is 2.30. The Kier molecular flexibility index (Phi) is 4.64. The average molecular weight is 221 g/mol. The second kappa shape index (κ2) is 6.00. The summed E-state index contributed by atoms with van der Waals surface area (Å²) in [5, 5.41) is 0. The lowest BCUT2D eigenvalue weighted by Gasteiger charge is -2.09. The van der Waals surface area contributed by atoms with Gasteiger partial charge >= 0.3 is 5.97 Å². The molecule has 0 N–H and O–H groups in total. The lowest BCUT2D eigenvalue weighted by atomic mass is 10.0. The second-order valence-electron chi connectivity index (χ2n) is 3.52. The zero-order chi connectivity index (χ0) is 12.0. The van der Waals surface area contributed by atoms with Gasteiger partial charge in [0.15, 0.2) is 5.78 Å². The molecule has 0 unspecified atom stereocenters. The molecule has 1 rings (SSSR count). The predicted molar refractivity (Wildman–Crippen MR) is 59.0 cm³/mol. The number of hydrogen-bond acceptors (Lipinski definition) is 4. The fourth-order valence-electron chi connectivity index (χ4n) is 1.30. The van der Waals surface area contributed by atoms with Crippen molar-refractivity contribution in [2.45, 2.75) is 20.3 Å². The van der Waals surface area contributed by atoms with Crippen LogP contribution < -0.4 is 0 Å². The largest absolute Gasteiger partial charge is 0.466 e. The normalized spacial score (nSPS) is 11.9. The number of esters is 1. The highest BCUT2D eigenvalue weighted by atomic mass is 16.5. The molecule has 0 fully saturated rings. The number of carbonyl (C=O) groups is 2. The van der Waals surface area contributed by atoms with Crippen LogP contribution in [0.2, 0.25) is 0 Å². The van der Waals surface area contributed by atoms with Crippen molar-refractivity contribution in [2.75, 3.05) is 6.61 Å². The van der Waals surface area contributed by atoms with Crippen LogP contribution in [0.5, 0.6) is 0 Å². The van der Waals surface area contributed by atoms with Gasteiger partial charge < -0.3 is 4.74 Å². The number of aromatic nitrogens is 1. The molecular weight excluding hydrogens is 206 g/mol. The summed E-state index contributed by atoms with van der Waals surface area (Å²) in [6.45, 7) is 3.78. The predicted octanol–water partition coefficient (Wildman–Crippen LogP) is 1.85. The number of hydrogen-bond donors (Lipinski definition) is 0. The molecule has 0 bridgehead atoms. The first-order valence-electron chi connectivity index (χ1n) is 5.25. The fraction of sp³-hybridized carbons (Fsp3) is 0.417. The van der Waals surface area contributed by atoms with Crippen molar-refractivity contribution in [1.82, 2.24) is 4.98 Å². The van der Waals surface area contributed by atoms with Crippen LogP contribution >= 0.6 is 0 Å². The van der Waals surface area contributed by atoms with Gasteiger partial charge in [-0.3, -0.25) is 14.6 Å². The summed E-state index contributed by atoms with van der Waals surface area (Å²) in [5.74, 6) is -0.798. The summed E-state index contributed by atoms with van der Waals surface area (Å²) in [4.78, 5) is 26.9. The summed E-state index contributed by atoms with van der Waals surface area (Å²) in [6, 6.07) is 3.28. The van der Waals surface area contributed by atoms with Crippen LogP contribution in [0.3, 0.4) is 0 Å². The van der Waals surface area contributed by atoms with E-state index < -0.39 is 5.92 Å². The molecule has 0 aliphatic rings. The Hall–Kier alpha value is -1.71. The van der Waals surface area contributed by atoms with Crippen LogP contribution in [-0.4, -0.2) is 23.3 Å². The van der Waals surface area contributed by atoms with Crippen molar-refractivity contribution in [2.24, 2.45) is 5.92 Å². The highest BCUT2D eigenvalue weighted by Crippen LogP contribution is 2.10. The third-order valence-electron chi connectivity index (χ3n) is 2.18. The Labute approximate surface area is 94.6 Å². The number of ketones is 1. The van der Waals surface area contributed by atoms with E-state index in [2.05, 4.69) is 4.98 Å². The van der Waals surface area contributed by atoms with Crippen molar-refractivity contribution in [3.05, 3.63) is 30.1 Å². The second-order valence-corrected chi connectivity index (χ2v) is 3.52. The van der Waals surface area contributed by atoms with E-state index in [1.807, 2.05) is 0 Å². The molecule has 0 amide bonds. The van der Waals surface area contributed by atoms with Crippen LogP contribution in [0.4, 0.5) is 0 Å². The van der Waals surface area contributed by atoms with E-state index in [1.165, 1.54) is 0 Å². The summed E-state index contributed by atoms with van der Waals surface area (Å²) >= 11 is 0. The van der Waals surface area contributed by atoms with E-state index in [1.54, 1.807) is 38.4 Å². The monoisotopic (exact) mass is 221 g/mol. The van der Waals surface area contributed by atoms with E-state index in [0.717, 1.165) is 0 Å². The van der Waals surface area contributed by atoms with E-state index in [-0.39, 0.29) is 18.2 Å². The van der Waals surface area contributed by atoms with Gasteiger partial charge in [-0.15, -0.1) is 0 Å². The van der Waals surface area contributed by atoms with Gasteiger partial charge in [0.1, 0.15) is 0 Å². The number of rotatable bonds is 5. The van der Waals surface area contributed by atoms with Crippen molar-refractivity contribution < 1.29 is 14.3 Å². The summed E-state index contributed by atoms with van der Waals surface area (Å²) in [5.41, 5.74) is 0.575. The Morgan fingerprint density at radius 2 is 2.00 bits per heavy atom. The molecule has 1 aromatic heterocycles. The molecule has 1 heterocycles. The van der Waals surface area contributed by atoms with Gasteiger partial charge in [0.2, 0.25) is 0 Å². The molecule has 4 nitrogen and oxygen atoms in total. The maximum atomic E-state index is 11.7. The van der Waals surface area contributed by atoms with Crippen LogP contribution in [0.1, 0.15) is 30.6 Å². The minimum atomic E-state index is -0.402. The SMILES string of the molecule is CCOC(=O)[C@@H](C)CC(=O)c1ccncc1. The summed E-state index contributed by atoms with van der Waals surface area (Å²) < 4.78 is 4.84. The molecular formula is C12H15NO3. The summed E-state index contributed by atoms with van der Waals surface area (Å²) in [6.07, 6.45) is 3.29. The van der Waals surface area contributed by atoms with Gasteiger partial charge in [-0.05, 0) is 19.1 Å². The molecule has 16 heavy (non-hydrogen) atoms. The molecule has 1 atom stereocenters. The third-order valence-corrected chi connectivity index (χ3v) is 2.18. The smallest absolute Gasteiger partial charge is 0.309 e.